The van der Waals surface area contributed by atoms with Crippen molar-refractivity contribution in [2.45, 2.75) is 39.2 Å². The van der Waals surface area contributed by atoms with Gasteiger partial charge in [-0.05, 0) is 24.7 Å². The first-order valence-corrected chi connectivity index (χ1v) is 8.14. The highest BCUT2D eigenvalue weighted by molar-refractivity contribution is 7.98. The Morgan fingerprint density at radius 2 is 2.21 bits per heavy atom. The summed E-state index contributed by atoms with van der Waals surface area (Å²) in [4.78, 5) is 4.47. The highest BCUT2D eigenvalue weighted by Gasteiger charge is 2.12. The molecule has 1 unspecified atom stereocenters. The van der Waals surface area contributed by atoms with Crippen LogP contribution in [-0.4, -0.2) is 32.6 Å². The van der Waals surface area contributed by atoms with Crippen molar-refractivity contribution in [2.75, 3.05) is 17.3 Å². The number of aromatic nitrogens is 3. The monoisotopic (exact) mass is 278 g/mol. The van der Waals surface area contributed by atoms with Gasteiger partial charge in [-0.15, -0.1) is 0 Å². The van der Waals surface area contributed by atoms with Crippen molar-refractivity contribution >= 4 is 23.1 Å². The van der Waals surface area contributed by atoms with E-state index in [1.165, 1.54) is 0 Å². The normalized spacial score (nSPS) is 13.1. The predicted molar refractivity (Wildman–Crippen MR) is 83.2 cm³/mol. The van der Waals surface area contributed by atoms with Crippen LogP contribution in [0.15, 0.2) is 18.5 Å². The molecule has 104 valence electrons. The molecule has 0 saturated heterocycles. The van der Waals surface area contributed by atoms with Crippen LogP contribution < -0.4 is 5.32 Å². The lowest BCUT2D eigenvalue weighted by atomic mass is 10.1. The lowest BCUT2D eigenvalue weighted by Gasteiger charge is -2.16. The van der Waals surface area contributed by atoms with E-state index < -0.39 is 0 Å². The minimum atomic E-state index is 0.431. The van der Waals surface area contributed by atoms with Gasteiger partial charge in [-0.2, -0.15) is 16.9 Å². The van der Waals surface area contributed by atoms with E-state index in [9.17, 15) is 0 Å². The summed E-state index contributed by atoms with van der Waals surface area (Å²) < 4.78 is 1.91. The van der Waals surface area contributed by atoms with E-state index in [0.717, 1.165) is 29.2 Å². The summed E-state index contributed by atoms with van der Waals surface area (Å²) in [5, 5.41) is 8.12. The summed E-state index contributed by atoms with van der Waals surface area (Å²) in [5.41, 5.74) is 2.17. The Balaban J connectivity index is 2.32. The maximum Gasteiger partial charge on any atom is 0.152 e. The van der Waals surface area contributed by atoms with E-state index in [-0.39, 0.29) is 0 Å². The van der Waals surface area contributed by atoms with E-state index in [2.05, 4.69) is 48.5 Å². The van der Waals surface area contributed by atoms with Gasteiger partial charge in [0.15, 0.2) is 5.82 Å². The number of nitrogens with zero attached hydrogens (tertiary/aromatic N) is 3. The van der Waals surface area contributed by atoms with Crippen molar-refractivity contribution in [1.29, 1.82) is 0 Å². The maximum absolute atomic E-state index is 4.58. The Morgan fingerprint density at radius 3 is 2.84 bits per heavy atom. The fraction of sp³-hybridized carbons (Fsp3) is 0.571. The molecule has 2 aromatic rings. The van der Waals surface area contributed by atoms with Gasteiger partial charge in [0.25, 0.3) is 0 Å². The fourth-order valence-electron chi connectivity index (χ4n) is 1.99. The predicted octanol–water partition coefficient (Wildman–Crippen LogP) is 3.41. The SMILES string of the molecule is CCC(CSC)Nc1nccn2nc(C(C)C)cc12. The van der Waals surface area contributed by atoms with Crippen LogP contribution in [0.2, 0.25) is 0 Å². The molecule has 0 amide bonds. The summed E-state index contributed by atoms with van der Waals surface area (Å²) >= 11 is 1.86. The summed E-state index contributed by atoms with van der Waals surface area (Å²) in [7, 11) is 0. The smallest absolute Gasteiger partial charge is 0.152 e. The third-order valence-corrected chi connectivity index (χ3v) is 3.94. The Kier molecular flexibility index (Phi) is 4.69. The first kappa shape index (κ1) is 14.2. The van der Waals surface area contributed by atoms with Crippen molar-refractivity contribution in [2.24, 2.45) is 0 Å². The zero-order chi connectivity index (χ0) is 13.8. The topological polar surface area (TPSA) is 42.2 Å². The molecule has 19 heavy (non-hydrogen) atoms. The van der Waals surface area contributed by atoms with Crippen LogP contribution in [-0.2, 0) is 0 Å². The van der Waals surface area contributed by atoms with Gasteiger partial charge in [-0.1, -0.05) is 20.8 Å². The molecule has 2 rings (SSSR count). The molecule has 0 aliphatic carbocycles. The van der Waals surface area contributed by atoms with Crippen LogP contribution in [0.1, 0.15) is 38.8 Å². The molecule has 0 radical (unpaired) electrons. The summed E-state index contributed by atoms with van der Waals surface area (Å²) in [6, 6.07) is 2.58. The highest BCUT2D eigenvalue weighted by Crippen LogP contribution is 2.21. The number of anilines is 1. The molecule has 0 aliphatic rings. The second kappa shape index (κ2) is 6.28. The van der Waals surface area contributed by atoms with Gasteiger partial charge in [-0.3, -0.25) is 0 Å². The molecule has 5 heteroatoms. The molecule has 1 N–H and O–H groups in total. The first-order chi connectivity index (χ1) is 9.15. The van der Waals surface area contributed by atoms with E-state index in [4.69, 9.17) is 0 Å². The highest BCUT2D eigenvalue weighted by atomic mass is 32.2. The molecule has 0 spiro atoms. The molecule has 4 nitrogen and oxygen atoms in total. The average molecular weight is 278 g/mol. The van der Waals surface area contributed by atoms with E-state index in [1.54, 1.807) is 6.20 Å². The first-order valence-electron chi connectivity index (χ1n) is 6.75. The summed E-state index contributed by atoms with van der Waals surface area (Å²) in [6.45, 7) is 6.51. The van der Waals surface area contributed by atoms with Gasteiger partial charge in [-0.25, -0.2) is 9.50 Å². The third kappa shape index (κ3) is 3.21. The van der Waals surface area contributed by atoms with Crippen LogP contribution in [0.3, 0.4) is 0 Å². The summed E-state index contributed by atoms with van der Waals surface area (Å²) in [5.74, 6) is 2.45. The Labute approximate surface area is 119 Å². The lowest BCUT2D eigenvalue weighted by molar-refractivity contribution is 0.766. The molecule has 2 heterocycles. The standard InChI is InChI=1S/C14H22N4S/c1-5-11(9-19-4)16-14-13-8-12(10(2)3)17-18(13)7-6-15-14/h6-8,10-11H,5,9H2,1-4H3,(H,15,16). The average Bonchev–Trinajstić information content (AvgIpc) is 2.83. The van der Waals surface area contributed by atoms with E-state index in [1.807, 2.05) is 22.5 Å². The van der Waals surface area contributed by atoms with Crippen LogP contribution in [0.4, 0.5) is 5.82 Å². The molecule has 0 aliphatic heterocycles. The molecular formula is C14H22N4S. The van der Waals surface area contributed by atoms with Crippen LogP contribution in [0.5, 0.6) is 0 Å². The van der Waals surface area contributed by atoms with Crippen LogP contribution >= 0.6 is 11.8 Å². The molecule has 0 saturated carbocycles. The maximum atomic E-state index is 4.58. The second-order valence-corrected chi connectivity index (χ2v) is 5.95. The Morgan fingerprint density at radius 1 is 1.42 bits per heavy atom. The van der Waals surface area contributed by atoms with Gasteiger partial charge < -0.3 is 5.32 Å². The number of fused-ring (bicyclic) bond motifs is 1. The van der Waals surface area contributed by atoms with Crippen molar-refractivity contribution in [3.63, 3.8) is 0 Å². The van der Waals surface area contributed by atoms with Crippen LogP contribution in [0, 0.1) is 0 Å². The molecular weight excluding hydrogens is 256 g/mol. The van der Waals surface area contributed by atoms with E-state index >= 15 is 0 Å². The number of hydrogen-bond donors (Lipinski definition) is 1. The Bertz CT molecular complexity index is 535. The molecule has 0 fully saturated rings. The van der Waals surface area contributed by atoms with E-state index in [0.29, 0.717) is 12.0 Å². The van der Waals surface area contributed by atoms with Crippen molar-refractivity contribution in [3.05, 3.63) is 24.2 Å². The number of rotatable bonds is 6. The lowest BCUT2D eigenvalue weighted by Crippen LogP contribution is -2.22. The number of nitrogens with one attached hydrogen (secondary N) is 1. The van der Waals surface area contributed by atoms with Crippen molar-refractivity contribution < 1.29 is 0 Å². The second-order valence-electron chi connectivity index (χ2n) is 5.03. The van der Waals surface area contributed by atoms with Gasteiger partial charge in [0.2, 0.25) is 0 Å². The zero-order valence-electron chi connectivity index (χ0n) is 12.1. The number of hydrogen-bond acceptors (Lipinski definition) is 4. The van der Waals surface area contributed by atoms with Gasteiger partial charge in [0.05, 0.1) is 5.69 Å². The van der Waals surface area contributed by atoms with Crippen molar-refractivity contribution in [1.82, 2.24) is 14.6 Å². The van der Waals surface area contributed by atoms with Gasteiger partial charge in [0, 0.05) is 24.2 Å². The fourth-order valence-corrected chi connectivity index (χ4v) is 2.71. The molecule has 2 aromatic heterocycles. The van der Waals surface area contributed by atoms with Crippen molar-refractivity contribution in [3.8, 4) is 0 Å². The third-order valence-electron chi connectivity index (χ3n) is 3.20. The number of thioether (sulfide) groups is 1. The largest absolute Gasteiger partial charge is 0.365 e. The zero-order valence-corrected chi connectivity index (χ0v) is 12.9. The van der Waals surface area contributed by atoms with Gasteiger partial charge in [0.1, 0.15) is 5.52 Å². The Hall–Kier alpha value is -1.23. The van der Waals surface area contributed by atoms with Gasteiger partial charge >= 0.3 is 0 Å². The quantitative estimate of drug-likeness (QED) is 0.879. The van der Waals surface area contributed by atoms with Crippen LogP contribution in [0.25, 0.3) is 5.52 Å². The summed E-state index contributed by atoms with van der Waals surface area (Å²) in [6.07, 6.45) is 6.93. The minimum Gasteiger partial charge on any atom is -0.365 e. The minimum absolute atomic E-state index is 0.431. The molecule has 0 aromatic carbocycles. The molecule has 1 atom stereocenters. The molecule has 0 bridgehead atoms.